The normalized spacial score (nSPS) is 9.78. The third-order valence-corrected chi connectivity index (χ3v) is 2.22. The maximum atomic E-state index is 13.4. The highest BCUT2D eigenvalue weighted by molar-refractivity contribution is 6.06. The maximum absolute atomic E-state index is 13.4. The van der Waals surface area contributed by atoms with Crippen LogP contribution in [0.5, 0.6) is 5.75 Å². The zero-order valence-electron chi connectivity index (χ0n) is 8.94. The van der Waals surface area contributed by atoms with E-state index >= 15 is 0 Å². The molecule has 0 aliphatic carbocycles. The number of carbonyl (C=O) groups is 1. The fraction of sp³-hybridized carbons (Fsp3) is 0. The van der Waals surface area contributed by atoms with Gasteiger partial charge in [-0.3, -0.25) is 9.89 Å². The summed E-state index contributed by atoms with van der Waals surface area (Å²) >= 11 is 0. The van der Waals surface area contributed by atoms with Crippen molar-refractivity contribution in [1.82, 2.24) is 10.2 Å². The highest BCUT2D eigenvalue weighted by Crippen LogP contribution is 2.21. The fourth-order valence-corrected chi connectivity index (χ4v) is 1.38. The topological polar surface area (TPSA) is 102 Å². The number of rotatable bonds is 2. The van der Waals surface area contributed by atoms with Crippen LogP contribution < -0.4 is 5.32 Å². The molecular formula is C11H7FN4O2. The van der Waals surface area contributed by atoms with Crippen molar-refractivity contribution < 1.29 is 14.3 Å². The quantitative estimate of drug-likeness (QED) is 0.744. The number of hydrogen-bond donors (Lipinski definition) is 3. The zero-order valence-corrected chi connectivity index (χ0v) is 8.94. The van der Waals surface area contributed by atoms with Crippen molar-refractivity contribution in [2.45, 2.75) is 0 Å². The van der Waals surface area contributed by atoms with Crippen molar-refractivity contribution in [2.24, 2.45) is 0 Å². The Morgan fingerprint density at radius 2 is 2.33 bits per heavy atom. The highest BCUT2D eigenvalue weighted by atomic mass is 19.1. The fourth-order valence-electron chi connectivity index (χ4n) is 1.38. The number of nitriles is 1. The Kier molecular flexibility index (Phi) is 2.93. The van der Waals surface area contributed by atoms with Gasteiger partial charge in [0.25, 0.3) is 5.91 Å². The van der Waals surface area contributed by atoms with Crippen LogP contribution in [0.1, 0.15) is 15.9 Å². The van der Waals surface area contributed by atoms with Crippen molar-refractivity contribution in [3.63, 3.8) is 0 Å². The van der Waals surface area contributed by atoms with Crippen LogP contribution in [-0.2, 0) is 0 Å². The number of aromatic amines is 1. The number of halogens is 1. The summed E-state index contributed by atoms with van der Waals surface area (Å²) in [5, 5.41) is 26.4. The van der Waals surface area contributed by atoms with E-state index < -0.39 is 23.0 Å². The van der Waals surface area contributed by atoms with Gasteiger partial charge in [-0.2, -0.15) is 10.4 Å². The average Bonchev–Trinajstić information content (AvgIpc) is 2.76. The van der Waals surface area contributed by atoms with E-state index in [4.69, 9.17) is 5.26 Å². The first-order valence-corrected chi connectivity index (χ1v) is 4.85. The molecule has 3 N–H and O–H groups in total. The third kappa shape index (κ3) is 1.99. The Balaban J connectivity index is 2.31. The minimum atomic E-state index is -0.869. The molecule has 0 fully saturated rings. The number of phenolic OH excluding ortho intramolecular Hbond substituents is 1. The number of H-pyrrole nitrogens is 1. The second-order valence-electron chi connectivity index (χ2n) is 3.36. The molecule has 18 heavy (non-hydrogen) atoms. The SMILES string of the molecule is N#Cc1cn[nH]c1NC(=O)c1c(O)cccc1F. The first kappa shape index (κ1) is 11.6. The second-order valence-corrected chi connectivity index (χ2v) is 3.36. The molecule has 90 valence electrons. The van der Waals surface area contributed by atoms with Crippen molar-refractivity contribution in [3.05, 3.63) is 41.3 Å². The lowest BCUT2D eigenvalue weighted by Gasteiger charge is -2.06. The minimum absolute atomic E-state index is 0.0464. The summed E-state index contributed by atoms with van der Waals surface area (Å²) in [5.74, 6) is -2.16. The molecular weight excluding hydrogens is 239 g/mol. The number of phenols is 1. The number of nitrogens with zero attached hydrogens (tertiary/aromatic N) is 2. The molecule has 0 bridgehead atoms. The van der Waals surface area contributed by atoms with Gasteiger partial charge in [-0.05, 0) is 12.1 Å². The van der Waals surface area contributed by atoms with Crippen LogP contribution in [0.25, 0.3) is 0 Å². The lowest BCUT2D eigenvalue weighted by molar-refractivity contribution is 0.102. The number of carbonyl (C=O) groups excluding carboxylic acids is 1. The number of nitrogens with one attached hydrogen (secondary N) is 2. The van der Waals surface area contributed by atoms with Gasteiger partial charge in [-0.25, -0.2) is 4.39 Å². The minimum Gasteiger partial charge on any atom is -0.507 e. The summed E-state index contributed by atoms with van der Waals surface area (Å²) in [4.78, 5) is 11.8. The van der Waals surface area contributed by atoms with Crippen molar-refractivity contribution in [3.8, 4) is 11.8 Å². The van der Waals surface area contributed by atoms with Crippen LogP contribution in [-0.4, -0.2) is 21.2 Å². The summed E-state index contributed by atoms with van der Waals surface area (Å²) in [5.41, 5.74) is -0.379. The van der Waals surface area contributed by atoms with E-state index in [2.05, 4.69) is 15.5 Å². The maximum Gasteiger partial charge on any atom is 0.263 e. The molecule has 0 radical (unpaired) electrons. The Morgan fingerprint density at radius 3 is 3.00 bits per heavy atom. The van der Waals surface area contributed by atoms with Gasteiger partial charge in [0.1, 0.15) is 34.6 Å². The van der Waals surface area contributed by atoms with Gasteiger partial charge in [0, 0.05) is 0 Å². The molecule has 0 saturated heterocycles. The van der Waals surface area contributed by atoms with Crippen LogP contribution in [0.4, 0.5) is 10.2 Å². The molecule has 0 saturated carbocycles. The Labute approximate surface area is 101 Å². The summed E-state index contributed by atoms with van der Waals surface area (Å²) in [7, 11) is 0. The molecule has 1 heterocycles. The number of aromatic hydroxyl groups is 1. The molecule has 0 aliphatic rings. The molecule has 0 atom stereocenters. The molecule has 1 amide bonds. The van der Waals surface area contributed by atoms with Crippen molar-refractivity contribution >= 4 is 11.7 Å². The number of aromatic nitrogens is 2. The van der Waals surface area contributed by atoms with Gasteiger partial charge in [-0.15, -0.1) is 0 Å². The number of hydrogen-bond acceptors (Lipinski definition) is 4. The van der Waals surface area contributed by atoms with Gasteiger partial charge in [0.05, 0.1) is 6.20 Å². The van der Waals surface area contributed by atoms with Gasteiger partial charge < -0.3 is 10.4 Å². The monoisotopic (exact) mass is 246 g/mol. The Morgan fingerprint density at radius 1 is 1.56 bits per heavy atom. The van der Waals surface area contributed by atoms with Crippen molar-refractivity contribution in [2.75, 3.05) is 5.32 Å². The molecule has 1 aromatic carbocycles. The first-order chi connectivity index (χ1) is 8.63. The Hall–Kier alpha value is -2.88. The number of amides is 1. The van der Waals surface area contributed by atoms with Crippen LogP contribution in [0, 0.1) is 17.1 Å². The van der Waals surface area contributed by atoms with E-state index in [1.54, 1.807) is 6.07 Å². The highest BCUT2D eigenvalue weighted by Gasteiger charge is 2.18. The van der Waals surface area contributed by atoms with E-state index in [-0.39, 0.29) is 11.4 Å². The van der Waals surface area contributed by atoms with Gasteiger partial charge in [0.2, 0.25) is 0 Å². The molecule has 1 aromatic heterocycles. The number of anilines is 1. The van der Waals surface area contributed by atoms with E-state index in [9.17, 15) is 14.3 Å². The van der Waals surface area contributed by atoms with E-state index in [1.165, 1.54) is 18.3 Å². The van der Waals surface area contributed by atoms with Crippen LogP contribution in [0.3, 0.4) is 0 Å². The van der Waals surface area contributed by atoms with Crippen LogP contribution >= 0.6 is 0 Å². The van der Waals surface area contributed by atoms with Crippen LogP contribution in [0.15, 0.2) is 24.4 Å². The van der Waals surface area contributed by atoms with E-state index in [0.717, 1.165) is 6.07 Å². The van der Waals surface area contributed by atoms with Crippen molar-refractivity contribution in [1.29, 1.82) is 5.26 Å². The lowest BCUT2D eigenvalue weighted by atomic mass is 10.1. The second kappa shape index (κ2) is 4.55. The molecule has 7 heteroatoms. The first-order valence-electron chi connectivity index (χ1n) is 4.85. The van der Waals surface area contributed by atoms with Gasteiger partial charge >= 0.3 is 0 Å². The van der Waals surface area contributed by atoms with Gasteiger partial charge in [0.15, 0.2) is 0 Å². The third-order valence-electron chi connectivity index (χ3n) is 2.22. The zero-order chi connectivity index (χ0) is 13.1. The molecule has 0 aliphatic heterocycles. The average molecular weight is 246 g/mol. The lowest BCUT2D eigenvalue weighted by Crippen LogP contribution is -2.15. The predicted octanol–water partition coefficient (Wildman–Crippen LogP) is 1.38. The van der Waals surface area contributed by atoms with Gasteiger partial charge in [-0.1, -0.05) is 6.07 Å². The predicted molar refractivity (Wildman–Crippen MR) is 59.3 cm³/mol. The summed E-state index contributed by atoms with van der Waals surface area (Å²) in [6.07, 6.45) is 1.22. The Bertz CT molecular complexity index is 624. The van der Waals surface area contributed by atoms with E-state index in [1.807, 2.05) is 0 Å². The molecule has 2 rings (SSSR count). The molecule has 0 spiro atoms. The van der Waals surface area contributed by atoms with Crippen LogP contribution in [0.2, 0.25) is 0 Å². The largest absolute Gasteiger partial charge is 0.507 e. The summed E-state index contributed by atoms with van der Waals surface area (Å²) in [6, 6.07) is 5.31. The smallest absolute Gasteiger partial charge is 0.263 e. The molecule has 0 unspecified atom stereocenters. The summed E-state index contributed by atoms with van der Waals surface area (Å²) in [6.45, 7) is 0. The number of benzene rings is 1. The standard InChI is InChI=1S/C11H7FN4O2/c12-7-2-1-3-8(17)9(7)11(18)15-10-6(4-13)5-14-16-10/h1-3,5,17H,(H2,14,15,16,18). The molecule has 6 nitrogen and oxygen atoms in total. The summed E-state index contributed by atoms with van der Waals surface area (Å²) < 4.78 is 13.4. The van der Waals surface area contributed by atoms with E-state index in [0.29, 0.717) is 0 Å². The molecule has 2 aromatic rings.